The van der Waals surface area contributed by atoms with Gasteiger partial charge >= 0.3 is 0 Å². The van der Waals surface area contributed by atoms with Crippen molar-refractivity contribution in [2.75, 3.05) is 20.1 Å². The lowest BCUT2D eigenvalue weighted by Gasteiger charge is -2.19. The zero-order chi connectivity index (χ0) is 17.2. The molecule has 1 heterocycles. The number of nitrogens with zero attached hydrogens (tertiary/aromatic N) is 1. The van der Waals surface area contributed by atoms with E-state index in [1.54, 1.807) is 18.4 Å². The van der Waals surface area contributed by atoms with Crippen LogP contribution in [-0.4, -0.2) is 31.2 Å². The normalized spacial score (nSPS) is 19.4. The molecule has 2 saturated carbocycles. The molecule has 134 valence electrons. The van der Waals surface area contributed by atoms with Crippen LogP contribution in [0.1, 0.15) is 36.7 Å². The molecule has 4 nitrogen and oxygen atoms in total. The van der Waals surface area contributed by atoms with Crippen molar-refractivity contribution in [1.82, 2.24) is 10.6 Å². The van der Waals surface area contributed by atoms with Gasteiger partial charge < -0.3 is 15.7 Å². The topological polar surface area (TPSA) is 56.7 Å². The van der Waals surface area contributed by atoms with E-state index in [0.717, 1.165) is 35.1 Å². The van der Waals surface area contributed by atoms with Gasteiger partial charge in [-0.15, -0.1) is 11.3 Å². The largest absolute Gasteiger partial charge is 0.386 e. The summed E-state index contributed by atoms with van der Waals surface area (Å²) < 4.78 is 1.22. The van der Waals surface area contributed by atoms with Crippen molar-refractivity contribution < 1.29 is 5.11 Å². The van der Waals surface area contributed by atoms with Crippen LogP contribution in [0, 0.1) is 17.8 Å². The number of fused-ring (bicyclic) bond motifs is 1. The number of rotatable bonds is 7. The summed E-state index contributed by atoms with van der Waals surface area (Å²) in [5.74, 6) is 3.47. The van der Waals surface area contributed by atoms with Gasteiger partial charge in [-0.2, -0.15) is 0 Å². The Morgan fingerprint density at radius 1 is 1.16 bits per heavy atom. The Balaban J connectivity index is 1.29. The highest BCUT2D eigenvalue weighted by molar-refractivity contribution is 7.19. The van der Waals surface area contributed by atoms with Crippen molar-refractivity contribution in [3.05, 3.63) is 35.2 Å². The van der Waals surface area contributed by atoms with E-state index in [9.17, 15) is 5.11 Å². The lowest BCUT2D eigenvalue weighted by atomic mass is 9.98. The summed E-state index contributed by atoms with van der Waals surface area (Å²) in [5.41, 5.74) is 0. The molecular formula is C20H27N3OS. The quantitative estimate of drug-likeness (QED) is 0.525. The monoisotopic (exact) mass is 357 g/mol. The number of guanidine groups is 1. The molecule has 0 aliphatic heterocycles. The van der Waals surface area contributed by atoms with Gasteiger partial charge in [-0.3, -0.25) is 4.99 Å². The number of hydrogen-bond donors (Lipinski definition) is 3. The Labute approximate surface area is 153 Å². The minimum atomic E-state index is -0.515. The third kappa shape index (κ3) is 4.15. The zero-order valence-electron chi connectivity index (χ0n) is 14.7. The van der Waals surface area contributed by atoms with Gasteiger partial charge in [0.15, 0.2) is 5.96 Å². The Morgan fingerprint density at radius 2 is 1.84 bits per heavy atom. The summed E-state index contributed by atoms with van der Waals surface area (Å²) >= 11 is 1.66. The fraction of sp³-hybridized carbons (Fsp3) is 0.550. The molecule has 2 aliphatic carbocycles. The van der Waals surface area contributed by atoms with Crippen molar-refractivity contribution in [1.29, 1.82) is 0 Å². The van der Waals surface area contributed by atoms with Gasteiger partial charge in [0.2, 0.25) is 0 Å². The van der Waals surface area contributed by atoms with Gasteiger partial charge in [0, 0.05) is 29.7 Å². The standard InChI is InChI=1S/C20H27N3OS/c1-21-20(22-11-16(13-6-7-13)14-8-9-14)23-12-17(24)19-10-15-4-2-3-5-18(15)25-19/h2-5,10,13-14,16-17,24H,6-9,11-12H2,1H3,(H2,21,22,23). The lowest BCUT2D eigenvalue weighted by molar-refractivity contribution is 0.184. The Bertz CT molecular complexity index is 703. The van der Waals surface area contributed by atoms with Crippen LogP contribution in [-0.2, 0) is 0 Å². The molecule has 2 aromatic rings. The van der Waals surface area contributed by atoms with Crippen molar-refractivity contribution in [2.24, 2.45) is 22.7 Å². The number of thiophene rings is 1. The molecule has 0 bridgehead atoms. The molecular weight excluding hydrogens is 330 g/mol. The predicted octanol–water partition coefficient (Wildman–Crippen LogP) is 3.54. The molecule has 2 aliphatic rings. The first-order chi connectivity index (χ1) is 12.2. The van der Waals surface area contributed by atoms with E-state index < -0.39 is 6.10 Å². The average Bonchev–Trinajstić information content (AvgIpc) is 3.56. The number of aliphatic imine (C=N–C) groups is 1. The van der Waals surface area contributed by atoms with E-state index in [1.165, 1.54) is 35.8 Å². The first-order valence-electron chi connectivity index (χ1n) is 9.35. The number of benzene rings is 1. The van der Waals surface area contributed by atoms with Crippen molar-refractivity contribution >= 4 is 27.4 Å². The molecule has 0 saturated heterocycles. The van der Waals surface area contributed by atoms with E-state index in [2.05, 4.69) is 33.8 Å². The Hall–Kier alpha value is -1.59. The van der Waals surface area contributed by atoms with E-state index in [1.807, 2.05) is 12.1 Å². The molecule has 0 amide bonds. The van der Waals surface area contributed by atoms with Crippen molar-refractivity contribution in [2.45, 2.75) is 31.8 Å². The summed E-state index contributed by atoms with van der Waals surface area (Å²) in [6, 6.07) is 10.3. The average molecular weight is 358 g/mol. The van der Waals surface area contributed by atoms with Crippen LogP contribution in [0.5, 0.6) is 0 Å². The van der Waals surface area contributed by atoms with Crippen molar-refractivity contribution in [3.63, 3.8) is 0 Å². The maximum absolute atomic E-state index is 10.5. The van der Waals surface area contributed by atoms with Crippen LogP contribution >= 0.6 is 11.3 Å². The van der Waals surface area contributed by atoms with Crippen LogP contribution in [0.3, 0.4) is 0 Å². The van der Waals surface area contributed by atoms with Gasteiger partial charge in [-0.05, 0) is 61.0 Å². The fourth-order valence-corrected chi connectivity index (χ4v) is 4.71. The maximum Gasteiger partial charge on any atom is 0.191 e. The third-order valence-electron chi connectivity index (χ3n) is 5.42. The summed E-state index contributed by atoms with van der Waals surface area (Å²) in [4.78, 5) is 5.31. The molecule has 0 spiro atoms. The molecule has 1 aromatic carbocycles. The van der Waals surface area contributed by atoms with Gasteiger partial charge in [0.1, 0.15) is 6.10 Å². The summed E-state index contributed by atoms with van der Waals surface area (Å²) in [7, 11) is 1.80. The molecule has 5 heteroatoms. The molecule has 0 radical (unpaired) electrons. The highest BCUT2D eigenvalue weighted by atomic mass is 32.1. The molecule has 1 unspecified atom stereocenters. The third-order valence-corrected chi connectivity index (χ3v) is 6.64. The minimum Gasteiger partial charge on any atom is -0.386 e. The fourth-order valence-electron chi connectivity index (χ4n) is 3.66. The SMILES string of the molecule is CN=C(NCC(O)c1cc2ccccc2s1)NCC(C1CC1)C1CC1. The highest BCUT2D eigenvalue weighted by Crippen LogP contribution is 2.48. The first kappa shape index (κ1) is 16.9. The molecule has 1 aromatic heterocycles. The van der Waals surface area contributed by atoms with Crippen LogP contribution < -0.4 is 10.6 Å². The summed E-state index contributed by atoms with van der Waals surface area (Å²) in [5, 5.41) is 18.5. The van der Waals surface area contributed by atoms with Crippen LogP contribution in [0.4, 0.5) is 0 Å². The van der Waals surface area contributed by atoms with E-state index in [4.69, 9.17) is 0 Å². The first-order valence-corrected chi connectivity index (χ1v) is 10.2. The molecule has 25 heavy (non-hydrogen) atoms. The second-order valence-corrected chi connectivity index (χ2v) is 8.49. The van der Waals surface area contributed by atoms with E-state index in [0.29, 0.717) is 6.54 Å². The number of hydrogen-bond acceptors (Lipinski definition) is 3. The van der Waals surface area contributed by atoms with Crippen LogP contribution in [0.25, 0.3) is 10.1 Å². The minimum absolute atomic E-state index is 0.476. The van der Waals surface area contributed by atoms with Gasteiger partial charge in [0.25, 0.3) is 0 Å². The van der Waals surface area contributed by atoms with Gasteiger partial charge in [-0.1, -0.05) is 18.2 Å². The number of nitrogens with one attached hydrogen (secondary N) is 2. The molecule has 4 rings (SSSR count). The number of aliphatic hydroxyl groups excluding tert-OH is 1. The molecule has 3 N–H and O–H groups in total. The smallest absolute Gasteiger partial charge is 0.191 e. The summed E-state index contributed by atoms with van der Waals surface area (Å²) in [6.45, 7) is 1.48. The Kier molecular flexibility index (Phi) is 4.95. The van der Waals surface area contributed by atoms with Gasteiger partial charge in [-0.25, -0.2) is 0 Å². The highest BCUT2D eigenvalue weighted by Gasteiger charge is 2.41. The van der Waals surface area contributed by atoms with Crippen LogP contribution in [0.15, 0.2) is 35.3 Å². The maximum atomic E-state index is 10.5. The zero-order valence-corrected chi connectivity index (χ0v) is 15.6. The molecule has 1 atom stereocenters. The van der Waals surface area contributed by atoms with E-state index >= 15 is 0 Å². The van der Waals surface area contributed by atoms with Crippen LogP contribution in [0.2, 0.25) is 0 Å². The van der Waals surface area contributed by atoms with E-state index in [-0.39, 0.29) is 0 Å². The Morgan fingerprint density at radius 3 is 2.48 bits per heavy atom. The summed E-state index contributed by atoms with van der Waals surface area (Å²) in [6.07, 6.45) is 5.09. The van der Waals surface area contributed by atoms with Gasteiger partial charge in [0.05, 0.1) is 0 Å². The predicted molar refractivity (Wildman–Crippen MR) is 105 cm³/mol. The molecule has 2 fully saturated rings. The lowest BCUT2D eigenvalue weighted by Crippen LogP contribution is -2.42. The second-order valence-electron chi connectivity index (χ2n) is 7.38. The second kappa shape index (κ2) is 7.34. The van der Waals surface area contributed by atoms with Crippen molar-refractivity contribution in [3.8, 4) is 0 Å². The number of aliphatic hydroxyl groups is 1.